The lowest BCUT2D eigenvalue weighted by Gasteiger charge is -2.39. The number of aromatic nitrogens is 3. The average molecular weight is 394 g/mol. The van der Waals surface area contributed by atoms with Crippen LogP contribution < -0.4 is 5.32 Å². The molecule has 1 aliphatic heterocycles. The first kappa shape index (κ1) is 18.9. The number of halogens is 1. The van der Waals surface area contributed by atoms with Gasteiger partial charge in [0.15, 0.2) is 5.82 Å². The van der Waals surface area contributed by atoms with E-state index in [9.17, 15) is 0 Å². The molecule has 4 rings (SSSR count). The molecule has 148 valence electrons. The standard InChI is InChI=1S/C19H28ClN5O2/c20-19-22-16-6-8-25(7-1-11-26)17(16)18(23-19)21-14-2-4-15(5-3-14)24-9-12-27-13-10-24/h6,8,14-15,26H,1-5,7,9-13H2,(H,21,22,23)/t14-,15-. The molecular weight excluding hydrogens is 366 g/mol. The summed E-state index contributed by atoms with van der Waals surface area (Å²) in [5, 5.41) is 13.1. The fourth-order valence-corrected chi connectivity index (χ4v) is 4.50. The summed E-state index contributed by atoms with van der Waals surface area (Å²) in [4.78, 5) is 11.4. The van der Waals surface area contributed by atoms with Crippen molar-refractivity contribution in [3.8, 4) is 0 Å². The van der Waals surface area contributed by atoms with Crippen molar-refractivity contribution in [3.05, 3.63) is 17.5 Å². The van der Waals surface area contributed by atoms with Crippen molar-refractivity contribution < 1.29 is 9.84 Å². The van der Waals surface area contributed by atoms with Gasteiger partial charge < -0.3 is 19.7 Å². The number of hydrogen-bond donors (Lipinski definition) is 2. The van der Waals surface area contributed by atoms with E-state index < -0.39 is 0 Å². The van der Waals surface area contributed by atoms with E-state index in [2.05, 4.69) is 24.8 Å². The van der Waals surface area contributed by atoms with E-state index in [1.807, 2.05) is 12.3 Å². The maximum atomic E-state index is 9.15. The minimum atomic E-state index is 0.169. The minimum Gasteiger partial charge on any atom is -0.396 e. The molecule has 2 fully saturated rings. The zero-order valence-electron chi connectivity index (χ0n) is 15.6. The normalized spacial score (nSPS) is 24.4. The van der Waals surface area contributed by atoms with Gasteiger partial charge in [0.25, 0.3) is 0 Å². The maximum Gasteiger partial charge on any atom is 0.225 e. The quantitative estimate of drug-likeness (QED) is 0.734. The first-order valence-corrected chi connectivity index (χ1v) is 10.3. The summed E-state index contributed by atoms with van der Waals surface area (Å²) >= 11 is 6.15. The van der Waals surface area contributed by atoms with Gasteiger partial charge in [-0.2, -0.15) is 4.98 Å². The van der Waals surface area contributed by atoms with Crippen LogP contribution in [0, 0.1) is 0 Å². The number of morpholine rings is 1. The fourth-order valence-electron chi connectivity index (χ4n) is 4.33. The van der Waals surface area contributed by atoms with Crippen molar-refractivity contribution >= 4 is 28.5 Å². The second kappa shape index (κ2) is 8.73. The number of anilines is 1. The summed E-state index contributed by atoms with van der Waals surface area (Å²) in [5.74, 6) is 0.808. The number of rotatable bonds is 6. The molecule has 2 N–H and O–H groups in total. The molecule has 27 heavy (non-hydrogen) atoms. The van der Waals surface area contributed by atoms with Crippen molar-refractivity contribution in [2.24, 2.45) is 0 Å². The van der Waals surface area contributed by atoms with Crippen LogP contribution in [0.5, 0.6) is 0 Å². The smallest absolute Gasteiger partial charge is 0.225 e. The molecule has 2 aromatic rings. The highest BCUT2D eigenvalue weighted by Gasteiger charge is 2.27. The first-order chi connectivity index (χ1) is 13.2. The summed E-state index contributed by atoms with van der Waals surface area (Å²) in [6.07, 6.45) is 7.35. The second-order valence-corrected chi connectivity index (χ2v) is 7.80. The van der Waals surface area contributed by atoms with Crippen molar-refractivity contribution in [1.29, 1.82) is 0 Å². The summed E-state index contributed by atoms with van der Waals surface area (Å²) in [6, 6.07) is 3.04. The molecule has 0 atom stereocenters. The summed E-state index contributed by atoms with van der Waals surface area (Å²) in [5.41, 5.74) is 1.82. The zero-order chi connectivity index (χ0) is 18.6. The van der Waals surface area contributed by atoms with Crippen molar-refractivity contribution in [2.45, 2.75) is 50.7 Å². The summed E-state index contributed by atoms with van der Waals surface area (Å²) < 4.78 is 7.58. The number of nitrogens with zero attached hydrogens (tertiary/aromatic N) is 4. The lowest BCUT2D eigenvalue weighted by atomic mass is 9.90. The molecule has 0 aromatic carbocycles. The topological polar surface area (TPSA) is 75.4 Å². The molecule has 7 nitrogen and oxygen atoms in total. The van der Waals surface area contributed by atoms with Gasteiger partial charge in [0.1, 0.15) is 5.52 Å². The Balaban J connectivity index is 1.44. The Morgan fingerprint density at radius 3 is 2.70 bits per heavy atom. The molecule has 2 aromatic heterocycles. The molecule has 1 aliphatic carbocycles. The highest BCUT2D eigenvalue weighted by atomic mass is 35.5. The van der Waals surface area contributed by atoms with Gasteiger partial charge in [0, 0.05) is 44.5 Å². The van der Waals surface area contributed by atoms with Gasteiger partial charge in [0.2, 0.25) is 5.28 Å². The Kier molecular flexibility index (Phi) is 6.12. The molecular formula is C19H28ClN5O2. The van der Waals surface area contributed by atoms with Crippen LogP contribution >= 0.6 is 11.6 Å². The highest BCUT2D eigenvalue weighted by Crippen LogP contribution is 2.29. The number of aliphatic hydroxyl groups is 1. The van der Waals surface area contributed by atoms with Gasteiger partial charge in [-0.05, 0) is 49.8 Å². The van der Waals surface area contributed by atoms with E-state index in [0.29, 0.717) is 18.5 Å². The Labute approximate surface area is 164 Å². The van der Waals surface area contributed by atoms with Crippen molar-refractivity contribution in [3.63, 3.8) is 0 Å². The van der Waals surface area contributed by atoms with E-state index in [1.54, 1.807) is 0 Å². The van der Waals surface area contributed by atoms with Gasteiger partial charge >= 0.3 is 0 Å². The largest absolute Gasteiger partial charge is 0.396 e. The van der Waals surface area contributed by atoms with E-state index in [0.717, 1.165) is 62.5 Å². The van der Waals surface area contributed by atoms with Crippen LogP contribution in [-0.4, -0.2) is 69.5 Å². The van der Waals surface area contributed by atoms with Gasteiger partial charge in [-0.3, -0.25) is 4.90 Å². The van der Waals surface area contributed by atoms with Crippen LogP contribution in [0.4, 0.5) is 5.82 Å². The minimum absolute atomic E-state index is 0.169. The lowest BCUT2D eigenvalue weighted by molar-refractivity contribution is 0.00791. The number of nitrogens with one attached hydrogen (secondary N) is 1. The number of hydrogen-bond acceptors (Lipinski definition) is 6. The van der Waals surface area contributed by atoms with Gasteiger partial charge in [-0.15, -0.1) is 0 Å². The Bertz CT molecular complexity index is 754. The van der Waals surface area contributed by atoms with Crippen molar-refractivity contribution in [1.82, 2.24) is 19.4 Å². The maximum absolute atomic E-state index is 9.15. The van der Waals surface area contributed by atoms with Crippen LogP contribution in [0.25, 0.3) is 11.0 Å². The number of fused-ring (bicyclic) bond motifs is 1. The predicted molar refractivity (Wildman–Crippen MR) is 106 cm³/mol. The Hall–Kier alpha value is -1.41. The van der Waals surface area contributed by atoms with Crippen LogP contribution in [0.2, 0.25) is 5.28 Å². The van der Waals surface area contributed by atoms with Crippen LogP contribution in [0.1, 0.15) is 32.1 Å². The fraction of sp³-hybridized carbons (Fsp3) is 0.684. The number of aryl methyl sites for hydroxylation is 1. The van der Waals surface area contributed by atoms with Gasteiger partial charge in [-0.1, -0.05) is 0 Å². The monoisotopic (exact) mass is 393 g/mol. The zero-order valence-corrected chi connectivity index (χ0v) is 16.4. The summed E-state index contributed by atoms with van der Waals surface area (Å²) in [7, 11) is 0. The molecule has 3 heterocycles. The molecule has 0 amide bonds. The van der Waals surface area contributed by atoms with Crippen LogP contribution in [0.3, 0.4) is 0 Å². The molecule has 0 radical (unpaired) electrons. The molecule has 1 saturated carbocycles. The van der Waals surface area contributed by atoms with Gasteiger partial charge in [-0.25, -0.2) is 4.98 Å². The highest BCUT2D eigenvalue weighted by molar-refractivity contribution is 6.28. The van der Waals surface area contributed by atoms with E-state index in [-0.39, 0.29) is 11.9 Å². The lowest BCUT2D eigenvalue weighted by Crippen LogP contribution is -2.46. The molecule has 0 unspecified atom stereocenters. The Morgan fingerprint density at radius 1 is 1.19 bits per heavy atom. The summed E-state index contributed by atoms with van der Waals surface area (Å²) in [6.45, 7) is 4.75. The van der Waals surface area contributed by atoms with Crippen molar-refractivity contribution in [2.75, 3.05) is 38.2 Å². The molecule has 2 aliphatic rings. The third-order valence-corrected chi connectivity index (χ3v) is 5.91. The SMILES string of the molecule is OCCCn1ccc2nc(Cl)nc(N[C@H]3CC[C@H](N4CCOCC4)CC3)c21. The second-order valence-electron chi connectivity index (χ2n) is 7.46. The van der Waals surface area contributed by atoms with Gasteiger partial charge in [0.05, 0.1) is 18.7 Å². The average Bonchev–Trinajstić information content (AvgIpc) is 3.10. The van der Waals surface area contributed by atoms with E-state index in [1.165, 1.54) is 12.8 Å². The van der Waals surface area contributed by atoms with E-state index in [4.69, 9.17) is 21.4 Å². The Morgan fingerprint density at radius 2 is 1.96 bits per heavy atom. The third kappa shape index (κ3) is 4.37. The van der Waals surface area contributed by atoms with E-state index >= 15 is 0 Å². The van der Waals surface area contributed by atoms with Crippen LogP contribution in [0.15, 0.2) is 12.3 Å². The third-order valence-electron chi connectivity index (χ3n) is 5.74. The number of aliphatic hydroxyl groups excluding tert-OH is 1. The predicted octanol–water partition coefficient (Wildman–Crippen LogP) is 2.52. The molecule has 0 bridgehead atoms. The molecule has 8 heteroatoms. The number of ether oxygens (including phenoxy) is 1. The molecule has 0 spiro atoms. The first-order valence-electron chi connectivity index (χ1n) is 9.96. The molecule has 1 saturated heterocycles. The van der Waals surface area contributed by atoms with Crippen LogP contribution in [-0.2, 0) is 11.3 Å².